The number of nitrogens with two attached hydrogens (primary N) is 1. The summed E-state index contributed by atoms with van der Waals surface area (Å²) in [7, 11) is 0. The van der Waals surface area contributed by atoms with Gasteiger partial charge in [0, 0.05) is 6.54 Å². The molecular formula is C16H30N2. The molecule has 0 aliphatic heterocycles. The van der Waals surface area contributed by atoms with E-state index < -0.39 is 0 Å². The van der Waals surface area contributed by atoms with E-state index in [4.69, 9.17) is 12.2 Å². The lowest BCUT2D eigenvalue weighted by Gasteiger charge is -2.23. The third-order valence-corrected chi connectivity index (χ3v) is 4.06. The van der Waals surface area contributed by atoms with Crippen LogP contribution in [0.25, 0.3) is 0 Å². The summed E-state index contributed by atoms with van der Waals surface area (Å²) in [5, 5.41) is 0. The Balaban J connectivity index is 2.21. The largest absolute Gasteiger partial charge is 0.330 e. The first-order chi connectivity index (χ1) is 8.67. The van der Waals surface area contributed by atoms with Gasteiger partial charge in [-0.1, -0.05) is 19.8 Å². The zero-order valence-electron chi connectivity index (χ0n) is 12.2. The lowest BCUT2D eigenvalue weighted by Crippen LogP contribution is -2.28. The van der Waals surface area contributed by atoms with Gasteiger partial charge in [0.05, 0.1) is 6.54 Å². The summed E-state index contributed by atoms with van der Waals surface area (Å²) >= 11 is 0. The number of nitrogens with zero attached hydrogens (tertiary/aromatic N) is 1. The SMILES string of the molecule is C#CCN(CCCC(CCN)C(C)C)CC1CC1. The van der Waals surface area contributed by atoms with Crippen molar-refractivity contribution in [3.8, 4) is 12.3 Å². The summed E-state index contributed by atoms with van der Waals surface area (Å²) in [4.78, 5) is 2.46. The van der Waals surface area contributed by atoms with Gasteiger partial charge in [-0.15, -0.1) is 6.42 Å². The normalized spacial score (nSPS) is 17.1. The van der Waals surface area contributed by atoms with Crippen LogP contribution >= 0.6 is 0 Å². The van der Waals surface area contributed by atoms with Crippen LogP contribution in [0.15, 0.2) is 0 Å². The Morgan fingerprint density at radius 1 is 1.33 bits per heavy atom. The van der Waals surface area contributed by atoms with E-state index in [0.717, 1.165) is 43.8 Å². The van der Waals surface area contributed by atoms with Gasteiger partial charge in [0.25, 0.3) is 0 Å². The van der Waals surface area contributed by atoms with Crippen molar-refractivity contribution in [2.24, 2.45) is 23.5 Å². The average molecular weight is 250 g/mol. The van der Waals surface area contributed by atoms with Crippen LogP contribution in [-0.4, -0.2) is 31.1 Å². The van der Waals surface area contributed by atoms with Crippen molar-refractivity contribution < 1.29 is 0 Å². The van der Waals surface area contributed by atoms with Gasteiger partial charge in [-0.05, 0) is 62.9 Å². The Morgan fingerprint density at radius 2 is 2.06 bits per heavy atom. The molecular weight excluding hydrogens is 220 g/mol. The standard InChI is InChI=1S/C16H30N2/c1-4-11-18(13-15-7-8-15)12-5-6-16(9-10-17)14(2)3/h1,14-16H,5-13,17H2,2-3H3. The lowest BCUT2D eigenvalue weighted by atomic mass is 9.88. The summed E-state index contributed by atoms with van der Waals surface area (Å²) in [5.41, 5.74) is 5.68. The summed E-state index contributed by atoms with van der Waals surface area (Å²) in [6, 6.07) is 0. The number of hydrogen-bond acceptors (Lipinski definition) is 2. The maximum Gasteiger partial charge on any atom is 0.0599 e. The van der Waals surface area contributed by atoms with E-state index in [2.05, 4.69) is 24.7 Å². The molecule has 2 nitrogen and oxygen atoms in total. The van der Waals surface area contributed by atoms with Crippen molar-refractivity contribution >= 4 is 0 Å². The predicted molar refractivity (Wildman–Crippen MR) is 79.2 cm³/mol. The van der Waals surface area contributed by atoms with Gasteiger partial charge in [-0.3, -0.25) is 4.90 Å². The molecule has 2 heteroatoms. The zero-order chi connectivity index (χ0) is 13.4. The van der Waals surface area contributed by atoms with E-state index in [1.165, 1.54) is 32.2 Å². The topological polar surface area (TPSA) is 29.3 Å². The van der Waals surface area contributed by atoms with Crippen molar-refractivity contribution in [3.05, 3.63) is 0 Å². The van der Waals surface area contributed by atoms with E-state index in [1.54, 1.807) is 0 Å². The second kappa shape index (κ2) is 8.56. The van der Waals surface area contributed by atoms with Crippen LogP contribution < -0.4 is 5.73 Å². The van der Waals surface area contributed by atoms with Crippen LogP contribution in [0.4, 0.5) is 0 Å². The van der Waals surface area contributed by atoms with Crippen molar-refractivity contribution in [1.29, 1.82) is 0 Å². The molecule has 1 fully saturated rings. The van der Waals surface area contributed by atoms with Gasteiger partial charge in [0.2, 0.25) is 0 Å². The van der Waals surface area contributed by atoms with E-state index >= 15 is 0 Å². The monoisotopic (exact) mass is 250 g/mol. The van der Waals surface area contributed by atoms with Crippen LogP contribution in [-0.2, 0) is 0 Å². The van der Waals surface area contributed by atoms with Gasteiger partial charge < -0.3 is 5.73 Å². The Morgan fingerprint density at radius 3 is 2.56 bits per heavy atom. The molecule has 0 aromatic heterocycles. The number of terminal acetylenes is 1. The quantitative estimate of drug-likeness (QED) is 0.604. The Bertz CT molecular complexity index is 250. The first-order valence-electron chi connectivity index (χ1n) is 7.53. The Labute approximate surface area is 113 Å². The molecule has 1 aliphatic rings. The van der Waals surface area contributed by atoms with Crippen molar-refractivity contribution in [1.82, 2.24) is 4.90 Å². The molecule has 0 radical (unpaired) electrons. The number of rotatable bonds is 10. The third-order valence-electron chi connectivity index (χ3n) is 4.06. The van der Waals surface area contributed by atoms with E-state index in [0.29, 0.717) is 0 Å². The maximum absolute atomic E-state index is 5.68. The lowest BCUT2D eigenvalue weighted by molar-refractivity contribution is 0.261. The molecule has 0 amide bonds. The number of hydrogen-bond donors (Lipinski definition) is 1. The summed E-state index contributed by atoms with van der Waals surface area (Å²) in [6.07, 6.45) is 12.0. The van der Waals surface area contributed by atoms with Crippen molar-refractivity contribution in [3.63, 3.8) is 0 Å². The molecule has 0 bridgehead atoms. The second-order valence-corrected chi connectivity index (χ2v) is 6.11. The molecule has 0 aromatic carbocycles. The minimum Gasteiger partial charge on any atom is -0.330 e. The summed E-state index contributed by atoms with van der Waals surface area (Å²) in [5.74, 6) is 5.26. The average Bonchev–Trinajstić information content (AvgIpc) is 3.11. The van der Waals surface area contributed by atoms with Crippen molar-refractivity contribution in [2.45, 2.75) is 46.0 Å². The highest BCUT2D eigenvalue weighted by atomic mass is 15.1. The van der Waals surface area contributed by atoms with Gasteiger partial charge in [0.1, 0.15) is 0 Å². The zero-order valence-corrected chi connectivity index (χ0v) is 12.2. The minimum absolute atomic E-state index is 0.748. The highest BCUT2D eigenvalue weighted by Gasteiger charge is 2.23. The van der Waals surface area contributed by atoms with Crippen LogP contribution in [0.3, 0.4) is 0 Å². The van der Waals surface area contributed by atoms with Crippen LogP contribution in [0.1, 0.15) is 46.0 Å². The second-order valence-electron chi connectivity index (χ2n) is 6.11. The van der Waals surface area contributed by atoms with Gasteiger partial charge in [-0.25, -0.2) is 0 Å². The molecule has 0 spiro atoms. The Hall–Kier alpha value is -0.520. The van der Waals surface area contributed by atoms with Gasteiger partial charge in [-0.2, -0.15) is 0 Å². The van der Waals surface area contributed by atoms with Crippen molar-refractivity contribution in [2.75, 3.05) is 26.2 Å². The minimum atomic E-state index is 0.748. The molecule has 104 valence electrons. The molecule has 0 aromatic rings. The van der Waals surface area contributed by atoms with Gasteiger partial charge in [0.15, 0.2) is 0 Å². The van der Waals surface area contributed by atoms with Crippen LogP contribution in [0.5, 0.6) is 0 Å². The van der Waals surface area contributed by atoms with E-state index in [9.17, 15) is 0 Å². The summed E-state index contributed by atoms with van der Waals surface area (Å²) < 4.78 is 0. The fraction of sp³-hybridized carbons (Fsp3) is 0.875. The molecule has 1 aliphatic carbocycles. The fourth-order valence-corrected chi connectivity index (χ4v) is 2.63. The molecule has 1 rings (SSSR count). The Kier molecular flexibility index (Phi) is 7.39. The summed E-state index contributed by atoms with van der Waals surface area (Å²) in [6.45, 7) is 8.63. The first kappa shape index (κ1) is 15.5. The fourth-order valence-electron chi connectivity index (χ4n) is 2.63. The molecule has 0 heterocycles. The molecule has 1 saturated carbocycles. The van der Waals surface area contributed by atoms with E-state index in [1.807, 2.05) is 0 Å². The third kappa shape index (κ3) is 6.42. The highest BCUT2D eigenvalue weighted by molar-refractivity contribution is 4.90. The van der Waals surface area contributed by atoms with Crippen LogP contribution in [0.2, 0.25) is 0 Å². The first-order valence-corrected chi connectivity index (χ1v) is 7.53. The van der Waals surface area contributed by atoms with Crippen LogP contribution in [0, 0.1) is 30.1 Å². The maximum atomic E-state index is 5.68. The molecule has 18 heavy (non-hydrogen) atoms. The predicted octanol–water partition coefficient (Wildman–Crippen LogP) is 2.73. The van der Waals surface area contributed by atoms with Gasteiger partial charge >= 0.3 is 0 Å². The van der Waals surface area contributed by atoms with E-state index in [-0.39, 0.29) is 0 Å². The highest BCUT2D eigenvalue weighted by Crippen LogP contribution is 2.30. The molecule has 0 saturated heterocycles. The smallest absolute Gasteiger partial charge is 0.0599 e. The molecule has 1 atom stereocenters. The molecule has 1 unspecified atom stereocenters. The molecule has 2 N–H and O–H groups in total.